The number of benzene rings is 2. The zero-order valence-electron chi connectivity index (χ0n) is 29.6. The number of azo groups is 2. The Labute approximate surface area is 290 Å². The molecule has 5 aromatic rings. The van der Waals surface area contributed by atoms with E-state index in [9.17, 15) is 0 Å². The first-order valence-corrected chi connectivity index (χ1v) is 17.6. The summed E-state index contributed by atoms with van der Waals surface area (Å²) in [6.45, 7) is 10.3. The van der Waals surface area contributed by atoms with E-state index in [4.69, 9.17) is 0 Å². The number of unbranched alkanes of at least 4 members (excludes halogenated alkanes) is 3. The van der Waals surface area contributed by atoms with Gasteiger partial charge in [-0.05, 0) is 81.6 Å². The first kappa shape index (κ1) is 35.1. The second-order valence-electron chi connectivity index (χ2n) is 12.3. The number of anilines is 2. The van der Waals surface area contributed by atoms with Crippen LogP contribution in [0.25, 0.3) is 0 Å². The fourth-order valence-electron chi connectivity index (χ4n) is 5.71. The van der Waals surface area contributed by atoms with Gasteiger partial charge in [-0.15, -0.1) is 0 Å². The molecule has 11 heteroatoms. The quantitative estimate of drug-likeness (QED) is 0.0559. The molecular formula is C38H52N11+3. The summed E-state index contributed by atoms with van der Waals surface area (Å²) in [6, 6.07) is 20.4. The third kappa shape index (κ3) is 10.9. The molecule has 0 radical (unpaired) electrons. The number of nitrogens with one attached hydrogen (secondary N) is 1. The van der Waals surface area contributed by atoms with Gasteiger partial charge in [0.15, 0.2) is 12.4 Å². The van der Waals surface area contributed by atoms with Crippen LogP contribution in [0.4, 0.5) is 34.4 Å². The number of rotatable bonds is 19. The fraction of sp³-hybridized carbons (Fsp3) is 0.395. The molecule has 0 aliphatic carbocycles. The van der Waals surface area contributed by atoms with Crippen molar-refractivity contribution < 1.29 is 13.7 Å². The van der Waals surface area contributed by atoms with Gasteiger partial charge in [0, 0.05) is 61.1 Å². The molecular weight excluding hydrogens is 610 g/mol. The molecule has 3 aromatic heterocycles. The maximum Gasteiger partial charge on any atom is 0.421 e. The Morgan fingerprint density at radius 3 is 1.90 bits per heavy atom. The molecule has 0 saturated carbocycles. The van der Waals surface area contributed by atoms with Crippen molar-refractivity contribution in [1.82, 2.24) is 9.13 Å². The number of imidazole rings is 2. The van der Waals surface area contributed by atoms with Crippen LogP contribution in [0.3, 0.4) is 0 Å². The highest BCUT2D eigenvalue weighted by molar-refractivity contribution is 5.53. The fourth-order valence-corrected chi connectivity index (χ4v) is 5.71. The zero-order chi connectivity index (χ0) is 34.3. The second-order valence-corrected chi connectivity index (χ2v) is 12.3. The summed E-state index contributed by atoms with van der Waals surface area (Å²) in [6.07, 6.45) is 20.6. The summed E-state index contributed by atoms with van der Waals surface area (Å²) in [4.78, 5) is 2.32. The molecule has 256 valence electrons. The van der Waals surface area contributed by atoms with Gasteiger partial charge in [-0.2, -0.15) is 10.2 Å². The standard InChI is InChI=1S/C38H51N11/c1-5-49(6-2)37-18-16-35(17-19-37)40-41-36-20-26-46(27-21-36)23-9-7-8-10-24-47-30-31-48(32-47)25-11-22-39-33-12-14-34(15-13-33)42-43-38-44(3)28-29-45(38)4/h12-21,26-32H,5-11,22-25H2,1-4H3/q+2/p+1. The average Bonchev–Trinajstić information content (AvgIpc) is 3.72. The minimum Gasteiger partial charge on any atom is -0.385 e. The van der Waals surface area contributed by atoms with Crippen LogP contribution in [-0.4, -0.2) is 28.8 Å². The topological polar surface area (TPSA) is 86.2 Å². The smallest absolute Gasteiger partial charge is 0.385 e. The molecule has 0 bridgehead atoms. The lowest BCUT2D eigenvalue weighted by atomic mass is 10.2. The number of aromatic nitrogens is 5. The molecule has 0 saturated heterocycles. The van der Waals surface area contributed by atoms with E-state index in [1.165, 1.54) is 31.4 Å². The maximum atomic E-state index is 4.42. The second kappa shape index (κ2) is 18.4. The molecule has 0 amide bonds. The van der Waals surface area contributed by atoms with Gasteiger partial charge >= 0.3 is 5.95 Å². The maximum absolute atomic E-state index is 4.42. The van der Waals surface area contributed by atoms with E-state index in [2.05, 4.69) is 114 Å². The van der Waals surface area contributed by atoms with Crippen molar-refractivity contribution >= 4 is 34.4 Å². The highest BCUT2D eigenvalue weighted by Gasteiger charge is 2.10. The molecule has 0 aliphatic rings. The van der Waals surface area contributed by atoms with E-state index in [1.807, 2.05) is 72.0 Å². The zero-order valence-corrected chi connectivity index (χ0v) is 29.6. The molecule has 2 aromatic carbocycles. The van der Waals surface area contributed by atoms with E-state index < -0.39 is 0 Å². The molecule has 3 heterocycles. The van der Waals surface area contributed by atoms with Gasteiger partial charge in [0.2, 0.25) is 6.33 Å². The van der Waals surface area contributed by atoms with Crippen LogP contribution in [0, 0.1) is 0 Å². The highest BCUT2D eigenvalue weighted by Crippen LogP contribution is 2.22. The Morgan fingerprint density at radius 2 is 1.27 bits per heavy atom. The van der Waals surface area contributed by atoms with Crippen LogP contribution in [0.5, 0.6) is 0 Å². The average molecular weight is 663 g/mol. The summed E-state index contributed by atoms with van der Waals surface area (Å²) >= 11 is 0. The van der Waals surface area contributed by atoms with Crippen LogP contribution in [0.2, 0.25) is 0 Å². The predicted molar refractivity (Wildman–Crippen MR) is 194 cm³/mol. The number of nitrogens with zero attached hydrogens (tertiary/aromatic N) is 10. The normalized spacial score (nSPS) is 11.6. The molecule has 5 rings (SSSR count). The molecule has 0 unspecified atom stereocenters. The summed E-state index contributed by atoms with van der Waals surface area (Å²) in [5.41, 5.74) is 4.88. The monoisotopic (exact) mass is 662 g/mol. The van der Waals surface area contributed by atoms with Crippen molar-refractivity contribution in [2.75, 3.05) is 29.9 Å². The molecule has 11 nitrogen and oxygen atoms in total. The van der Waals surface area contributed by atoms with Crippen LogP contribution >= 0.6 is 0 Å². The number of hydrogen-bond donors (Lipinski definition) is 1. The summed E-state index contributed by atoms with van der Waals surface area (Å²) in [5.74, 6) is 0.801. The van der Waals surface area contributed by atoms with Gasteiger partial charge in [-0.1, -0.05) is 5.11 Å². The van der Waals surface area contributed by atoms with E-state index in [-0.39, 0.29) is 0 Å². The highest BCUT2D eigenvalue weighted by atomic mass is 15.3. The van der Waals surface area contributed by atoms with Gasteiger partial charge < -0.3 is 10.2 Å². The molecule has 0 spiro atoms. The van der Waals surface area contributed by atoms with Crippen LogP contribution in [-0.2, 0) is 33.7 Å². The Hall–Kier alpha value is -5.19. The number of aryl methyl sites for hydroxylation is 5. The largest absolute Gasteiger partial charge is 0.421 e. The Morgan fingerprint density at radius 1 is 0.653 bits per heavy atom. The summed E-state index contributed by atoms with van der Waals surface area (Å²) < 4.78 is 10.7. The first-order chi connectivity index (χ1) is 24.0. The third-order valence-electron chi connectivity index (χ3n) is 8.65. The van der Waals surface area contributed by atoms with Crippen LogP contribution in [0.15, 0.2) is 125 Å². The number of pyridine rings is 1. The number of hydrogen-bond acceptors (Lipinski definition) is 6. The van der Waals surface area contributed by atoms with Gasteiger partial charge in [0.1, 0.15) is 24.6 Å². The van der Waals surface area contributed by atoms with Gasteiger partial charge in [0.25, 0.3) is 0 Å². The van der Waals surface area contributed by atoms with E-state index in [0.29, 0.717) is 0 Å². The van der Waals surface area contributed by atoms with Crippen molar-refractivity contribution in [2.45, 2.75) is 65.6 Å². The van der Waals surface area contributed by atoms with Gasteiger partial charge in [0.05, 0.1) is 51.0 Å². The van der Waals surface area contributed by atoms with Gasteiger partial charge in [-0.25, -0.2) is 22.8 Å². The lowest BCUT2D eigenvalue weighted by Crippen LogP contribution is -2.32. The lowest BCUT2D eigenvalue weighted by Gasteiger charge is -2.20. The Balaban J connectivity index is 0.919. The Bertz CT molecular complexity index is 1730. The molecule has 49 heavy (non-hydrogen) atoms. The predicted octanol–water partition coefficient (Wildman–Crippen LogP) is 7.67. The van der Waals surface area contributed by atoms with Crippen LogP contribution in [0.1, 0.15) is 46.0 Å². The van der Waals surface area contributed by atoms with Crippen LogP contribution < -0.4 is 23.9 Å². The molecule has 0 aliphatic heterocycles. The molecule has 1 N–H and O–H groups in total. The molecule has 0 atom stereocenters. The summed E-state index contributed by atoms with van der Waals surface area (Å²) in [5, 5.41) is 21.1. The van der Waals surface area contributed by atoms with Crippen molar-refractivity contribution in [3.63, 3.8) is 0 Å². The molecule has 0 fully saturated rings. The van der Waals surface area contributed by atoms with Crippen molar-refractivity contribution in [2.24, 2.45) is 34.6 Å². The lowest BCUT2D eigenvalue weighted by molar-refractivity contribution is -0.698. The minimum absolute atomic E-state index is 0.801. The minimum atomic E-state index is 0.801. The van der Waals surface area contributed by atoms with Crippen molar-refractivity contribution in [3.05, 3.63) is 104 Å². The van der Waals surface area contributed by atoms with Crippen molar-refractivity contribution in [3.8, 4) is 0 Å². The summed E-state index contributed by atoms with van der Waals surface area (Å²) in [7, 11) is 3.92. The first-order valence-electron chi connectivity index (χ1n) is 17.6. The Kier molecular flexibility index (Phi) is 13.2. The van der Waals surface area contributed by atoms with Gasteiger partial charge in [-0.3, -0.25) is 0 Å². The van der Waals surface area contributed by atoms with E-state index in [1.54, 1.807) is 0 Å². The van der Waals surface area contributed by atoms with E-state index >= 15 is 0 Å². The SMILES string of the molecule is CCN(CC)c1ccc(/N=N/c2cc[n+](CCCCCC[n+]3ccn(CCCNc4ccc(/N=N/c5n(C)cc[n+]5C)cc4)c3)cc2)cc1. The third-order valence-corrected chi connectivity index (χ3v) is 8.65. The van der Waals surface area contributed by atoms with Crippen molar-refractivity contribution in [1.29, 1.82) is 0 Å². The van der Waals surface area contributed by atoms with E-state index in [0.717, 1.165) is 74.4 Å².